The maximum Gasteiger partial charge on any atom is 0.250 e. The van der Waals surface area contributed by atoms with E-state index in [9.17, 15) is 4.79 Å². The number of thiocarbonyl (C=S) groups is 1. The van der Waals surface area contributed by atoms with Gasteiger partial charge in [0.15, 0.2) is 5.11 Å². The summed E-state index contributed by atoms with van der Waals surface area (Å²) in [5, 5.41) is 5.74. The molecule has 0 aliphatic carbocycles. The van der Waals surface area contributed by atoms with Gasteiger partial charge in [0.25, 0.3) is 0 Å². The summed E-state index contributed by atoms with van der Waals surface area (Å²) in [5.74, 6) is -0.227. The molecule has 0 spiro atoms. The van der Waals surface area contributed by atoms with E-state index in [1.807, 2.05) is 37.3 Å². The summed E-state index contributed by atoms with van der Waals surface area (Å²) < 4.78 is 0. The monoisotopic (exact) mass is 234 g/mol. The van der Waals surface area contributed by atoms with Crippen molar-refractivity contribution in [2.45, 2.75) is 6.92 Å². The van der Waals surface area contributed by atoms with Crippen LogP contribution in [0.3, 0.4) is 0 Å². The summed E-state index contributed by atoms with van der Waals surface area (Å²) in [7, 11) is 0. The van der Waals surface area contributed by atoms with Crippen LogP contribution in [0.4, 0.5) is 0 Å². The highest BCUT2D eigenvalue weighted by molar-refractivity contribution is 7.80. The lowest BCUT2D eigenvalue weighted by Gasteiger charge is -2.04. The molecule has 1 aromatic rings. The minimum Gasteiger partial charge on any atom is -0.363 e. The van der Waals surface area contributed by atoms with Crippen LogP contribution in [0, 0.1) is 0 Å². The van der Waals surface area contributed by atoms with Crippen LogP contribution in [0.5, 0.6) is 0 Å². The normalized spacial score (nSPS) is 10.1. The Morgan fingerprint density at radius 3 is 2.69 bits per heavy atom. The lowest BCUT2D eigenvalue weighted by Crippen LogP contribution is -2.38. The van der Waals surface area contributed by atoms with E-state index in [-0.39, 0.29) is 5.91 Å². The number of nitrogens with one attached hydrogen (secondary N) is 2. The predicted molar refractivity (Wildman–Crippen MR) is 69.9 cm³/mol. The number of rotatable bonds is 3. The minimum absolute atomic E-state index is 0.227. The van der Waals surface area contributed by atoms with Crippen molar-refractivity contribution in [3.63, 3.8) is 0 Å². The SMILES string of the molecule is CCNC(=S)NC(=O)/C=C/c1ccccc1. The molecule has 16 heavy (non-hydrogen) atoms. The molecule has 2 N–H and O–H groups in total. The van der Waals surface area contributed by atoms with Crippen LogP contribution in [-0.2, 0) is 4.79 Å². The van der Waals surface area contributed by atoms with Gasteiger partial charge in [-0.3, -0.25) is 10.1 Å². The predicted octanol–water partition coefficient (Wildman–Crippen LogP) is 1.71. The molecular weight excluding hydrogens is 220 g/mol. The molecule has 3 nitrogen and oxygen atoms in total. The van der Waals surface area contributed by atoms with Crippen LogP contribution in [-0.4, -0.2) is 17.6 Å². The van der Waals surface area contributed by atoms with Gasteiger partial charge in [-0.15, -0.1) is 0 Å². The first-order valence-corrected chi connectivity index (χ1v) is 5.45. The van der Waals surface area contributed by atoms with Crippen molar-refractivity contribution in [3.05, 3.63) is 42.0 Å². The molecule has 0 saturated heterocycles. The van der Waals surface area contributed by atoms with Crippen molar-refractivity contribution in [1.82, 2.24) is 10.6 Å². The average molecular weight is 234 g/mol. The smallest absolute Gasteiger partial charge is 0.250 e. The Balaban J connectivity index is 2.46. The fraction of sp³-hybridized carbons (Fsp3) is 0.167. The van der Waals surface area contributed by atoms with Gasteiger partial charge in [-0.1, -0.05) is 30.3 Å². The molecule has 0 radical (unpaired) electrons. The molecule has 0 unspecified atom stereocenters. The first-order chi connectivity index (χ1) is 7.72. The molecular formula is C12H14N2OS. The average Bonchev–Trinajstić information content (AvgIpc) is 2.28. The molecule has 0 aliphatic heterocycles. The number of hydrogen-bond acceptors (Lipinski definition) is 2. The van der Waals surface area contributed by atoms with Crippen molar-refractivity contribution in [2.24, 2.45) is 0 Å². The van der Waals surface area contributed by atoms with Gasteiger partial charge in [0.1, 0.15) is 0 Å². The largest absolute Gasteiger partial charge is 0.363 e. The number of carbonyl (C=O) groups excluding carboxylic acids is 1. The van der Waals surface area contributed by atoms with Gasteiger partial charge in [-0.2, -0.15) is 0 Å². The lowest BCUT2D eigenvalue weighted by molar-refractivity contribution is -0.115. The Labute approximate surface area is 101 Å². The molecule has 0 aromatic heterocycles. The molecule has 0 aliphatic rings. The van der Waals surface area contributed by atoms with Crippen LogP contribution < -0.4 is 10.6 Å². The van der Waals surface area contributed by atoms with Gasteiger partial charge in [-0.05, 0) is 30.8 Å². The fourth-order valence-electron chi connectivity index (χ4n) is 1.09. The second-order valence-corrected chi connectivity index (χ2v) is 3.50. The topological polar surface area (TPSA) is 41.1 Å². The maximum atomic E-state index is 11.4. The minimum atomic E-state index is -0.227. The van der Waals surface area contributed by atoms with E-state index in [1.54, 1.807) is 6.08 Å². The number of hydrogen-bond donors (Lipinski definition) is 2. The zero-order chi connectivity index (χ0) is 11.8. The summed E-state index contributed by atoms with van der Waals surface area (Å²) in [5.41, 5.74) is 0.979. The molecule has 0 atom stereocenters. The summed E-state index contributed by atoms with van der Waals surface area (Å²) in [6, 6.07) is 9.61. The highest BCUT2D eigenvalue weighted by Crippen LogP contribution is 2.00. The summed E-state index contributed by atoms with van der Waals surface area (Å²) >= 11 is 4.88. The highest BCUT2D eigenvalue weighted by Gasteiger charge is 1.97. The molecule has 1 amide bonds. The van der Waals surface area contributed by atoms with Crippen molar-refractivity contribution < 1.29 is 4.79 Å². The Kier molecular flexibility index (Phi) is 5.22. The Hall–Kier alpha value is -1.68. The Bertz CT molecular complexity index is 387. The van der Waals surface area contributed by atoms with Gasteiger partial charge in [-0.25, -0.2) is 0 Å². The van der Waals surface area contributed by atoms with Gasteiger partial charge < -0.3 is 5.32 Å². The van der Waals surface area contributed by atoms with Crippen molar-refractivity contribution in [3.8, 4) is 0 Å². The number of amides is 1. The molecule has 4 heteroatoms. The van der Waals surface area contributed by atoms with Crippen LogP contribution >= 0.6 is 12.2 Å². The molecule has 84 valence electrons. The second-order valence-electron chi connectivity index (χ2n) is 3.09. The van der Waals surface area contributed by atoms with E-state index in [0.717, 1.165) is 5.56 Å². The van der Waals surface area contributed by atoms with E-state index in [0.29, 0.717) is 11.7 Å². The molecule has 1 aromatic carbocycles. The zero-order valence-corrected chi connectivity index (χ0v) is 9.88. The van der Waals surface area contributed by atoms with Crippen molar-refractivity contribution in [2.75, 3.05) is 6.54 Å². The van der Waals surface area contributed by atoms with Crippen LogP contribution in [0.1, 0.15) is 12.5 Å². The van der Waals surface area contributed by atoms with Crippen LogP contribution in [0.25, 0.3) is 6.08 Å². The first kappa shape index (κ1) is 12.4. The molecule has 0 bridgehead atoms. The van der Waals surface area contributed by atoms with E-state index in [1.165, 1.54) is 6.08 Å². The summed E-state index contributed by atoms with van der Waals surface area (Å²) in [6.45, 7) is 2.61. The van der Waals surface area contributed by atoms with Gasteiger partial charge in [0.2, 0.25) is 5.91 Å². The van der Waals surface area contributed by atoms with Crippen molar-refractivity contribution in [1.29, 1.82) is 0 Å². The van der Waals surface area contributed by atoms with Crippen LogP contribution in [0.15, 0.2) is 36.4 Å². The van der Waals surface area contributed by atoms with E-state index in [2.05, 4.69) is 10.6 Å². The molecule has 1 rings (SSSR count). The third kappa shape index (κ3) is 4.70. The highest BCUT2D eigenvalue weighted by atomic mass is 32.1. The number of benzene rings is 1. The lowest BCUT2D eigenvalue weighted by atomic mass is 10.2. The number of carbonyl (C=O) groups is 1. The van der Waals surface area contributed by atoms with E-state index in [4.69, 9.17) is 12.2 Å². The van der Waals surface area contributed by atoms with Gasteiger partial charge in [0, 0.05) is 12.6 Å². The molecule has 0 saturated carbocycles. The summed E-state index contributed by atoms with van der Waals surface area (Å²) in [6.07, 6.45) is 3.20. The van der Waals surface area contributed by atoms with E-state index < -0.39 is 0 Å². The van der Waals surface area contributed by atoms with Gasteiger partial charge in [0.05, 0.1) is 0 Å². The second kappa shape index (κ2) is 6.74. The van der Waals surface area contributed by atoms with Crippen molar-refractivity contribution >= 4 is 29.3 Å². The third-order valence-corrected chi connectivity index (χ3v) is 2.05. The molecule has 0 heterocycles. The van der Waals surface area contributed by atoms with Gasteiger partial charge >= 0.3 is 0 Å². The van der Waals surface area contributed by atoms with Crippen LogP contribution in [0.2, 0.25) is 0 Å². The molecule has 0 fully saturated rings. The third-order valence-electron chi connectivity index (χ3n) is 1.80. The zero-order valence-electron chi connectivity index (χ0n) is 9.07. The Morgan fingerprint density at radius 2 is 2.06 bits per heavy atom. The standard InChI is InChI=1S/C12H14N2OS/c1-2-13-12(16)14-11(15)9-8-10-6-4-3-5-7-10/h3-9H,2H2,1H3,(H2,13,14,15,16)/b9-8+. The first-order valence-electron chi connectivity index (χ1n) is 5.04. The maximum absolute atomic E-state index is 11.4. The Morgan fingerprint density at radius 1 is 1.38 bits per heavy atom. The quantitative estimate of drug-likeness (QED) is 0.618. The van der Waals surface area contributed by atoms with E-state index >= 15 is 0 Å². The summed E-state index contributed by atoms with van der Waals surface area (Å²) in [4.78, 5) is 11.4. The fourth-order valence-corrected chi connectivity index (χ4v) is 1.34.